The Morgan fingerprint density at radius 1 is 1.27 bits per heavy atom. The highest BCUT2D eigenvalue weighted by molar-refractivity contribution is 5.95. The zero-order valence-electron chi connectivity index (χ0n) is 19.0. The minimum atomic E-state index is -0.137. The highest BCUT2D eigenvalue weighted by Gasteiger charge is 2.21. The summed E-state index contributed by atoms with van der Waals surface area (Å²) >= 11 is 0. The lowest BCUT2D eigenvalue weighted by Gasteiger charge is -2.23. The van der Waals surface area contributed by atoms with E-state index in [1.807, 2.05) is 6.92 Å². The molecule has 0 saturated carbocycles. The van der Waals surface area contributed by atoms with E-state index in [1.165, 1.54) is 12.0 Å². The number of hydrogen-bond acceptors (Lipinski definition) is 5. The predicted octanol–water partition coefficient (Wildman–Crippen LogP) is 3.66. The summed E-state index contributed by atoms with van der Waals surface area (Å²) in [5.74, 6) is 3.74. The first-order valence-corrected chi connectivity index (χ1v) is 11.0. The number of fused-ring (bicyclic) bond motifs is 1. The number of allylic oxidation sites excluding steroid dienone is 2. The van der Waals surface area contributed by atoms with E-state index in [4.69, 9.17) is 4.42 Å². The summed E-state index contributed by atoms with van der Waals surface area (Å²) in [6.07, 6.45) is 5.59. The Hall–Kier alpha value is -2.41. The summed E-state index contributed by atoms with van der Waals surface area (Å²) in [5, 5.41) is 11.7. The molecule has 1 atom stereocenters. The van der Waals surface area contributed by atoms with Gasteiger partial charge in [0.2, 0.25) is 0 Å². The quantitative estimate of drug-likeness (QED) is 0.669. The van der Waals surface area contributed by atoms with Gasteiger partial charge in [0, 0.05) is 32.6 Å². The maximum Gasteiger partial charge on any atom is 0.255 e. The molecule has 0 spiro atoms. The fourth-order valence-electron chi connectivity index (χ4n) is 4.04. The zero-order chi connectivity index (χ0) is 21.7. The molecule has 3 heterocycles. The average molecular weight is 414 g/mol. The second-order valence-corrected chi connectivity index (χ2v) is 8.71. The Kier molecular flexibility index (Phi) is 7.48. The molecule has 1 amide bonds. The van der Waals surface area contributed by atoms with Crippen LogP contribution < -0.4 is 5.32 Å². The normalized spacial score (nSPS) is 15.4. The number of carbonyl (C=O) groups is 1. The predicted molar refractivity (Wildman–Crippen MR) is 117 cm³/mol. The molecule has 7 heteroatoms. The first-order chi connectivity index (χ1) is 14.3. The first-order valence-electron chi connectivity index (χ1n) is 11.0. The maximum absolute atomic E-state index is 12.5. The van der Waals surface area contributed by atoms with Gasteiger partial charge in [-0.3, -0.25) is 4.79 Å². The van der Waals surface area contributed by atoms with E-state index in [0.29, 0.717) is 23.8 Å². The molecule has 0 bridgehead atoms. The monoisotopic (exact) mass is 413 g/mol. The van der Waals surface area contributed by atoms with Gasteiger partial charge in [-0.1, -0.05) is 18.6 Å². The molecular weight excluding hydrogens is 378 g/mol. The highest BCUT2D eigenvalue weighted by atomic mass is 16.3. The van der Waals surface area contributed by atoms with Gasteiger partial charge >= 0.3 is 0 Å². The van der Waals surface area contributed by atoms with Gasteiger partial charge < -0.3 is 19.2 Å². The average Bonchev–Trinajstić information content (AvgIpc) is 3.16. The molecule has 3 rings (SSSR count). The van der Waals surface area contributed by atoms with E-state index in [2.05, 4.69) is 51.8 Å². The molecular formula is C23H35N5O2. The Bertz CT molecular complexity index is 892. The second kappa shape index (κ2) is 10.1. The van der Waals surface area contributed by atoms with Crippen LogP contribution in [0.5, 0.6) is 0 Å². The number of nitrogens with one attached hydrogen (secondary N) is 1. The van der Waals surface area contributed by atoms with Crippen LogP contribution in [0.15, 0.2) is 22.1 Å². The standard InChI is InChI=1S/C23H35N5O2/c1-16(2)7-6-8-17(3)15-27-10-9-21-25-26-22(28(21)12-11-27)14-24-23(29)20-13-18(4)30-19(20)5/h7,13,17H,6,8-12,14-15H2,1-5H3,(H,24,29)/t17-/m1/s1. The van der Waals surface area contributed by atoms with Gasteiger partial charge in [0.25, 0.3) is 5.91 Å². The molecule has 0 unspecified atom stereocenters. The van der Waals surface area contributed by atoms with Crippen LogP contribution in [0.25, 0.3) is 0 Å². The van der Waals surface area contributed by atoms with E-state index in [0.717, 1.165) is 56.4 Å². The van der Waals surface area contributed by atoms with Crippen LogP contribution in [0.4, 0.5) is 0 Å². The molecule has 30 heavy (non-hydrogen) atoms. The van der Waals surface area contributed by atoms with E-state index < -0.39 is 0 Å². The van der Waals surface area contributed by atoms with Crippen LogP contribution >= 0.6 is 0 Å². The molecule has 1 aliphatic rings. The Balaban J connectivity index is 1.53. The topological polar surface area (TPSA) is 76.2 Å². The number of hydrogen-bond donors (Lipinski definition) is 1. The number of amides is 1. The second-order valence-electron chi connectivity index (χ2n) is 8.71. The van der Waals surface area contributed by atoms with E-state index >= 15 is 0 Å². The van der Waals surface area contributed by atoms with Crippen LogP contribution in [0.2, 0.25) is 0 Å². The van der Waals surface area contributed by atoms with E-state index in [9.17, 15) is 4.79 Å². The number of rotatable bonds is 8. The fourth-order valence-corrected chi connectivity index (χ4v) is 4.04. The maximum atomic E-state index is 12.5. The van der Waals surface area contributed by atoms with Crippen molar-refractivity contribution < 1.29 is 9.21 Å². The summed E-state index contributed by atoms with van der Waals surface area (Å²) in [6.45, 7) is 14.6. The molecule has 7 nitrogen and oxygen atoms in total. The van der Waals surface area contributed by atoms with E-state index in [1.54, 1.807) is 13.0 Å². The van der Waals surface area contributed by atoms with Gasteiger partial charge in [-0.05, 0) is 52.5 Å². The molecule has 0 aromatic carbocycles. The highest BCUT2D eigenvalue weighted by Crippen LogP contribution is 2.16. The van der Waals surface area contributed by atoms with Crippen molar-refractivity contribution in [1.82, 2.24) is 25.0 Å². The van der Waals surface area contributed by atoms with E-state index in [-0.39, 0.29) is 5.91 Å². The van der Waals surface area contributed by atoms with Crippen molar-refractivity contribution in [3.05, 3.63) is 46.4 Å². The molecule has 0 saturated heterocycles. The van der Waals surface area contributed by atoms with Gasteiger partial charge in [0.1, 0.15) is 17.3 Å². The first kappa shape index (κ1) is 22.3. The Labute approximate surface area is 179 Å². The summed E-state index contributed by atoms with van der Waals surface area (Å²) in [7, 11) is 0. The summed E-state index contributed by atoms with van der Waals surface area (Å²) in [4.78, 5) is 15.0. The van der Waals surface area contributed by atoms with Crippen molar-refractivity contribution in [2.45, 2.75) is 67.0 Å². The minimum Gasteiger partial charge on any atom is -0.466 e. The summed E-state index contributed by atoms with van der Waals surface area (Å²) < 4.78 is 7.62. The molecule has 0 aliphatic carbocycles. The van der Waals surface area contributed by atoms with Crippen LogP contribution in [-0.2, 0) is 19.5 Å². The Morgan fingerprint density at radius 2 is 2.07 bits per heavy atom. The number of furan rings is 1. The number of carbonyl (C=O) groups excluding carboxylic acids is 1. The van der Waals surface area contributed by atoms with Crippen molar-refractivity contribution >= 4 is 5.91 Å². The zero-order valence-corrected chi connectivity index (χ0v) is 19.0. The van der Waals surface area contributed by atoms with Gasteiger partial charge in [-0.15, -0.1) is 10.2 Å². The van der Waals surface area contributed by atoms with Crippen molar-refractivity contribution in [2.75, 3.05) is 19.6 Å². The lowest BCUT2D eigenvalue weighted by molar-refractivity contribution is 0.0948. The molecule has 1 N–H and O–H groups in total. The number of aryl methyl sites for hydroxylation is 2. The summed E-state index contributed by atoms with van der Waals surface area (Å²) in [6, 6.07) is 1.77. The molecule has 0 radical (unpaired) electrons. The van der Waals surface area contributed by atoms with Crippen LogP contribution in [0.1, 0.15) is 67.1 Å². The third-order valence-electron chi connectivity index (χ3n) is 5.67. The lowest BCUT2D eigenvalue weighted by atomic mass is 10.0. The minimum absolute atomic E-state index is 0.137. The number of aromatic nitrogens is 3. The van der Waals surface area contributed by atoms with Crippen molar-refractivity contribution in [1.29, 1.82) is 0 Å². The Morgan fingerprint density at radius 3 is 2.77 bits per heavy atom. The lowest BCUT2D eigenvalue weighted by Crippen LogP contribution is -2.32. The fraction of sp³-hybridized carbons (Fsp3) is 0.609. The summed E-state index contributed by atoms with van der Waals surface area (Å²) in [5.41, 5.74) is 1.98. The smallest absolute Gasteiger partial charge is 0.255 e. The van der Waals surface area contributed by atoms with Crippen molar-refractivity contribution in [2.24, 2.45) is 5.92 Å². The van der Waals surface area contributed by atoms with Crippen LogP contribution in [0.3, 0.4) is 0 Å². The molecule has 0 fully saturated rings. The molecule has 164 valence electrons. The molecule has 2 aromatic heterocycles. The molecule has 2 aromatic rings. The van der Waals surface area contributed by atoms with Gasteiger partial charge in [-0.2, -0.15) is 0 Å². The van der Waals surface area contributed by atoms with Crippen molar-refractivity contribution in [3.8, 4) is 0 Å². The largest absolute Gasteiger partial charge is 0.466 e. The van der Waals surface area contributed by atoms with Crippen LogP contribution in [-0.4, -0.2) is 45.2 Å². The number of nitrogens with zero attached hydrogens (tertiary/aromatic N) is 4. The third kappa shape index (κ3) is 5.81. The third-order valence-corrected chi connectivity index (χ3v) is 5.67. The van der Waals surface area contributed by atoms with Crippen molar-refractivity contribution in [3.63, 3.8) is 0 Å². The molecule has 1 aliphatic heterocycles. The van der Waals surface area contributed by atoms with Gasteiger partial charge in [0.05, 0.1) is 12.1 Å². The van der Waals surface area contributed by atoms with Gasteiger partial charge in [0.15, 0.2) is 5.82 Å². The SMILES string of the molecule is CC(C)=CCC[C@@H](C)CN1CCc2nnc(CNC(=O)c3cc(C)oc3C)n2CC1. The van der Waals surface area contributed by atoms with Gasteiger partial charge in [-0.25, -0.2) is 0 Å². The van der Waals surface area contributed by atoms with Crippen LogP contribution in [0, 0.1) is 19.8 Å².